The molecule has 5 nitrogen and oxygen atoms in total. The van der Waals surface area contributed by atoms with Crippen LogP contribution in [0.1, 0.15) is 19.3 Å². The second-order valence-corrected chi connectivity index (χ2v) is 5.26. The molecule has 1 aliphatic rings. The van der Waals surface area contributed by atoms with E-state index in [4.69, 9.17) is 9.47 Å². The number of methoxy groups -OCH3 is 1. The molecule has 2 N–H and O–H groups in total. The fourth-order valence-corrected chi connectivity index (χ4v) is 2.38. The molecule has 0 aliphatic carbocycles. The highest BCUT2D eigenvalue weighted by Crippen LogP contribution is 2.19. The second kappa shape index (κ2) is 10.4. The lowest BCUT2D eigenvalue weighted by atomic mass is 9.99. The maximum atomic E-state index is 12.2. The Hall–Kier alpha value is -1.30. The van der Waals surface area contributed by atoms with Crippen molar-refractivity contribution in [3.63, 3.8) is 0 Å². The van der Waals surface area contributed by atoms with Crippen LogP contribution in [-0.4, -0.2) is 39.3 Å². The fraction of sp³-hybridized carbons (Fsp3) is 0.562. The lowest BCUT2D eigenvalue weighted by Crippen LogP contribution is -2.37. The number of carbonyl (C=O) groups is 1. The van der Waals surface area contributed by atoms with E-state index in [2.05, 4.69) is 10.6 Å². The summed E-state index contributed by atoms with van der Waals surface area (Å²) in [4.78, 5) is 12.2. The highest BCUT2D eigenvalue weighted by molar-refractivity contribution is 5.92. The van der Waals surface area contributed by atoms with Crippen LogP contribution in [0.2, 0.25) is 0 Å². The largest absolute Gasteiger partial charge is 0.493 e. The molecule has 1 atom stereocenters. The molecule has 1 saturated heterocycles. The number of nitrogens with one attached hydrogen (secondary N) is 2. The summed E-state index contributed by atoms with van der Waals surface area (Å²) in [5.74, 6) is 0.912. The van der Waals surface area contributed by atoms with E-state index in [1.54, 1.807) is 7.11 Å². The van der Waals surface area contributed by atoms with Gasteiger partial charge in [-0.1, -0.05) is 6.07 Å². The zero-order valence-corrected chi connectivity index (χ0v) is 13.8. The number of carbonyl (C=O) groups excluding carboxylic acids is 1. The number of piperidine rings is 1. The number of halogens is 1. The van der Waals surface area contributed by atoms with E-state index in [9.17, 15) is 4.79 Å². The molecule has 1 aromatic carbocycles. The van der Waals surface area contributed by atoms with Gasteiger partial charge in [0.2, 0.25) is 5.91 Å². The van der Waals surface area contributed by atoms with E-state index >= 15 is 0 Å². The molecule has 6 heteroatoms. The Morgan fingerprint density at radius 2 is 2.27 bits per heavy atom. The zero-order chi connectivity index (χ0) is 14.9. The molecule has 22 heavy (non-hydrogen) atoms. The third-order valence-electron chi connectivity index (χ3n) is 3.53. The summed E-state index contributed by atoms with van der Waals surface area (Å²) in [5.41, 5.74) is 0.787. The van der Waals surface area contributed by atoms with Gasteiger partial charge in [0.25, 0.3) is 0 Å². The van der Waals surface area contributed by atoms with Crippen molar-refractivity contribution in [3.05, 3.63) is 24.3 Å². The average molecular weight is 329 g/mol. The van der Waals surface area contributed by atoms with E-state index in [0.717, 1.165) is 43.8 Å². The standard InChI is InChI=1S/C16H24N2O3.ClH/c1-20-9-4-10-21-15-7-2-6-14(11-15)18-16(19)13-5-3-8-17-12-13;/h2,6-7,11,13,17H,3-5,8-10,12H2,1H3,(H,18,19);1H. The minimum Gasteiger partial charge on any atom is -0.493 e. The Morgan fingerprint density at radius 3 is 3.00 bits per heavy atom. The number of rotatable bonds is 7. The van der Waals surface area contributed by atoms with Crippen LogP contribution in [0.4, 0.5) is 5.69 Å². The third kappa shape index (κ3) is 6.22. The van der Waals surface area contributed by atoms with Crippen molar-refractivity contribution in [2.45, 2.75) is 19.3 Å². The SMILES string of the molecule is COCCCOc1cccc(NC(=O)C2CCCNC2)c1.Cl. The lowest BCUT2D eigenvalue weighted by Gasteiger charge is -2.22. The highest BCUT2D eigenvalue weighted by Gasteiger charge is 2.20. The van der Waals surface area contributed by atoms with Crippen molar-refractivity contribution in [2.75, 3.05) is 38.7 Å². The number of amides is 1. The quantitative estimate of drug-likeness (QED) is 0.755. The Bertz CT molecular complexity index is 451. The number of benzene rings is 1. The van der Waals surface area contributed by atoms with Gasteiger partial charge in [-0.05, 0) is 31.5 Å². The van der Waals surface area contributed by atoms with Crippen LogP contribution in [-0.2, 0) is 9.53 Å². The maximum Gasteiger partial charge on any atom is 0.228 e. The van der Waals surface area contributed by atoms with Gasteiger partial charge < -0.3 is 20.1 Å². The summed E-state index contributed by atoms with van der Waals surface area (Å²) >= 11 is 0. The molecule has 124 valence electrons. The monoisotopic (exact) mass is 328 g/mol. The summed E-state index contributed by atoms with van der Waals surface area (Å²) in [6, 6.07) is 7.53. The van der Waals surface area contributed by atoms with Crippen molar-refractivity contribution < 1.29 is 14.3 Å². The third-order valence-corrected chi connectivity index (χ3v) is 3.53. The number of hydrogen-bond acceptors (Lipinski definition) is 4. The topological polar surface area (TPSA) is 59.6 Å². The maximum absolute atomic E-state index is 12.2. The van der Waals surface area contributed by atoms with E-state index in [-0.39, 0.29) is 24.2 Å². The van der Waals surface area contributed by atoms with Crippen LogP contribution in [0.3, 0.4) is 0 Å². The molecule has 1 unspecified atom stereocenters. The summed E-state index contributed by atoms with van der Waals surface area (Å²) < 4.78 is 10.6. The summed E-state index contributed by atoms with van der Waals surface area (Å²) in [6.07, 6.45) is 2.85. The van der Waals surface area contributed by atoms with Crippen LogP contribution in [0.15, 0.2) is 24.3 Å². The molecule has 1 aliphatic heterocycles. The number of ether oxygens (including phenoxy) is 2. The Kier molecular flexibility index (Phi) is 8.89. The van der Waals surface area contributed by atoms with Gasteiger partial charge in [0, 0.05) is 38.4 Å². The predicted molar refractivity (Wildman–Crippen MR) is 89.9 cm³/mol. The highest BCUT2D eigenvalue weighted by atomic mass is 35.5. The van der Waals surface area contributed by atoms with Gasteiger partial charge >= 0.3 is 0 Å². The normalized spacial score (nSPS) is 17.4. The van der Waals surface area contributed by atoms with Crippen molar-refractivity contribution in [1.29, 1.82) is 0 Å². The molecule has 1 amide bonds. The molecule has 0 spiro atoms. The lowest BCUT2D eigenvalue weighted by molar-refractivity contribution is -0.120. The van der Waals surface area contributed by atoms with E-state index < -0.39 is 0 Å². The van der Waals surface area contributed by atoms with Crippen LogP contribution >= 0.6 is 12.4 Å². The fourth-order valence-electron chi connectivity index (χ4n) is 2.38. The average Bonchev–Trinajstić information content (AvgIpc) is 2.53. The van der Waals surface area contributed by atoms with Gasteiger partial charge in [-0.25, -0.2) is 0 Å². The smallest absolute Gasteiger partial charge is 0.228 e. The van der Waals surface area contributed by atoms with E-state index in [1.165, 1.54) is 0 Å². The molecule has 0 bridgehead atoms. The molecule has 1 aromatic rings. The number of hydrogen-bond donors (Lipinski definition) is 2. The molecule has 2 rings (SSSR count). The molecular formula is C16H25ClN2O3. The van der Waals surface area contributed by atoms with Gasteiger partial charge in [0.1, 0.15) is 5.75 Å². The Morgan fingerprint density at radius 1 is 1.41 bits per heavy atom. The van der Waals surface area contributed by atoms with E-state index in [0.29, 0.717) is 13.2 Å². The van der Waals surface area contributed by atoms with Crippen molar-refractivity contribution in [3.8, 4) is 5.75 Å². The van der Waals surface area contributed by atoms with Crippen molar-refractivity contribution >= 4 is 24.0 Å². The minimum atomic E-state index is 0. The van der Waals surface area contributed by atoms with Crippen LogP contribution in [0.25, 0.3) is 0 Å². The minimum absolute atomic E-state index is 0. The summed E-state index contributed by atoms with van der Waals surface area (Å²) in [6.45, 7) is 3.07. The molecule has 0 saturated carbocycles. The predicted octanol–water partition coefficient (Wildman–Crippen LogP) is 2.46. The molecular weight excluding hydrogens is 304 g/mol. The Labute approximate surface area is 138 Å². The second-order valence-electron chi connectivity index (χ2n) is 5.26. The molecule has 0 radical (unpaired) electrons. The molecule has 1 fully saturated rings. The first kappa shape index (κ1) is 18.7. The Balaban J connectivity index is 0.00000242. The molecule has 1 heterocycles. The van der Waals surface area contributed by atoms with E-state index in [1.807, 2.05) is 24.3 Å². The summed E-state index contributed by atoms with van der Waals surface area (Å²) in [7, 11) is 1.68. The first-order chi connectivity index (χ1) is 10.3. The van der Waals surface area contributed by atoms with Crippen LogP contribution in [0.5, 0.6) is 5.75 Å². The first-order valence-corrected chi connectivity index (χ1v) is 7.53. The van der Waals surface area contributed by atoms with Crippen LogP contribution in [0, 0.1) is 5.92 Å². The zero-order valence-electron chi connectivity index (χ0n) is 13.0. The molecule has 0 aromatic heterocycles. The van der Waals surface area contributed by atoms with Crippen molar-refractivity contribution in [2.24, 2.45) is 5.92 Å². The van der Waals surface area contributed by atoms with Crippen molar-refractivity contribution in [1.82, 2.24) is 5.32 Å². The van der Waals surface area contributed by atoms with Gasteiger partial charge in [-0.15, -0.1) is 12.4 Å². The van der Waals surface area contributed by atoms with Gasteiger partial charge in [-0.2, -0.15) is 0 Å². The van der Waals surface area contributed by atoms with Gasteiger partial charge in [0.05, 0.1) is 12.5 Å². The summed E-state index contributed by atoms with van der Waals surface area (Å²) in [5, 5.41) is 6.23. The number of anilines is 1. The van der Waals surface area contributed by atoms with Crippen LogP contribution < -0.4 is 15.4 Å². The first-order valence-electron chi connectivity index (χ1n) is 7.53. The van der Waals surface area contributed by atoms with Gasteiger partial charge in [-0.3, -0.25) is 4.79 Å². The van der Waals surface area contributed by atoms with Gasteiger partial charge in [0.15, 0.2) is 0 Å².